The van der Waals surface area contributed by atoms with Gasteiger partial charge in [0.25, 0.3) is 0 Å². The number of hydrogen-bond donors (Lipinski definition) is 0. The Morgan fingerprint density at radius 1 is 1.21 bits per heavy atom. The number of alkyl halides is 3. The van der Waals surface area contributed by atoms with Gasteiger partial charge in [0.1, 0.15) is 5.03 Å². The van der Waals surface area contributed by atoms with E-state index in [9.17, 15) is 18.0 Å². The maximum absolute atomic E-state index is 13.0. The standard InChI is InChI=1S/C16H16F3N3OS/c1-10(14(23)22-8-4-5-9-22)24-13-11-6-2-3-7-12(11)20-15(21-13)16(17,18)19/h2-3,6-7,10H,4-5,8-9H2,1H3/t10-/m0/s1. The third kappa shape index (κ3) is 3.48. The molecule has 128 valence electrons. The normalized spacial score (nSPS) is 16.6. The van der Waals surface area contributed by atoms with E-state index in [0.29, 0.717) is 18.5 Å². The summed E-state index contributed by atoms with van der Waals surface area (Å²) in [5.74, 6) is -1.24. The third-order valence-corrected chi connectivity index (χ3v) is 4.97. The molecule has 1 saturated heterocycles. The molecule has 1 amide bonds. The van der Waals surface area contributed by atoms with E-state index in [1.54, 1.807) is 30.0 Å². The van der Waals surface area contributed by atoms with Gasteiger partial charge in [0.05, 0.1) is 10.8 Å². The van der Waals surface area contributed by atoms with Crippen LogP contribution in [0.3, 0.4) is 0 Å². The summed E-state index contributed by atoms with van der Waals surface area (Å²) >= 11 is 1.06. The Morgan fingerprint density at radius 3 is 2.54 bits per heavy atom. The third-order valence-electron chi connectivity index (χ3n) is 3.88. The van der Waals surface area contributed by atoms with Crippen molar-refractivity contribution in [1.82, 2.24) is 14.9 Å². The van der Waals surface area contributed by atoms with Gasteiger partial charge < -0.3 is 4.90 Å². The zero-order chi connectivity index (χ0) is 17.3. The predicted octanol–water partition coefficient (Wildman–Crippen LogP) is 3.75. The van der Waals surface area contributed by atoms with Crippen molar-refractivity contribution >= 4 is 28.6 Å². The van der Waals surface area contributed by atoms with Crippen LogP contribution in [0.2, 0.25) is 0 Å². The maximum Gasteiger partial charge on any atom is 0.451 e. The van der Waals surface area contributed by atoms with Gasteiger partial charge in [-0.2, -0.15) is 13.2 Å². The lowest BCUT2D eigenvalue weighted by atomic mass is 10.2. The number of nitrogens with zero attached hydrogens (tertiary/aromatic N) is 3. The van der Waals surface area contributed by atoms with Crippen molar-refractivity contribution in [1.29, 1.82) is 0 Å². The minimum Gasteiger partial charge on any atom is -0.342 e. The second kappa shape index (κ2) is 6.58. The lowest BCUT2D eigenvalue weighted by Gasteiger charge is -2.20. The highest BCUT2D eigenvalue weighted by Gasteiger charge is 2.36. The number of rotatable bonds is 3. The molecule has 3 rings (SSSR count). The van der Waals surface area contributed by atoms with Gasteiger partial charge in [-0.05, 0) is 25.8 Å². The summed E-state index contributed by atoms with van der Waals surface area (Å²) in [5.41, 5.74) is 0.225. The van der Waals surface area contributed by atoms with Gasteiger partial charge in [-0.1, -0.05) is 30.0 Å². The van der Waals surface area contributed by atoms with Gasteiger partial charge in [-0.3, -0.25) is 4.79 Å². The molecule has 0 spiro atoms. The molecule has 24 heavy (non-hydrogen) atoms. The topological polar surface area (TPSA) is 46.1 Å². The summed E-state index contributed by atoms with van der Waals surface area (Å²) in [7, 11) is 0. The number of amides is 1. The minimum absolute atomic E-state index is 0.0613. The van der Waals surface area contributed by atoms with Crippen molar-refractivity contribution in [3.8, 4) is 0 Å². The Kier molecular flexibility index (Phi) is 4.67. The minimum atomic E-state index is -4.62. The van der Waals surface area contributed by atoms with Crippen molar-refractivity contribution in [2.24, 2.45) is 0 Å². The Balaban J connectivity index is 1.93. The van der Waals surface area contributed by atoms with Crippen LogP contribution < -0.4 is 0 Å². The molecule has 0 N–H and O–H groups in total. The molecular weight excluding hydrogens is 339 g/mol. The number of hydrogen-bond acceptors (Lipinski definition) is 4. The Hall–Kier alpha value is -1.83. The van der Waals surface area contributed by atoms with Crippen LogP contribution in [0, 0.1) is 0 Å². The predicted molar refractivity (Wildman–Crippen MR) is 85.7 cm³/mol. The van der Waals surface area contributed by atoms with Crippen molar-refractivity contribution in [2.45, 2.75) is 36.2 Å². The lowest BCUT2D eigenvalue weighted by Crippen LogP contribution is -2.34. The fourth-order valence-electron chi connectivity index (χ4n) is 2.68. The van der Waals surface area contributed by atoms with Crippen molar-refractivity contribution in [2.75, 3.05) is 13.1 Å². The molecule has 1 atom stereocenters. The smallest absolute Gasteiger partial charge is 0.342 e. The highest BCUT2D eigenvalue weighted by atomic mass is 32.2. The summed E-state index contributed by atoms with van der Waals surface area (Å²) in [6.45, 7) is 3.12. The molecular formula is C16H16F3N3OS. The Bertz CT molecular complexity index is 760. The van der Waals surface area contributed by atoms with E-state index in [2.05, 4.69) is 9.97 Å². The molecule has 1 aromatic heterocycles. The molecule has 0 saturated carbocycles. The second-order valence-electron chi connectivity index (χ2n) is 5.66. The van der Waals surface area contributed by atoms with Crippen molar-refractivity contribution < 1.29 is 18.0 Å². The first kappa shape index (κ1) is 17.0. The molecule has 0 aliphatic carbocycles. The molecule has 0 radical (unpaired) electrons. The summed E-state index contributed by atoms with van der Waals surface area (Å²) < 4.78 is 39.1. The number of likely N-dealkylation sites (tertiary alicyclic amines) is 1. The van der Waals surface area contributed by atoms with Gasteiger partial charge >= 0.3 is 6.18 Å². The van der Waals surface area contributed by atoms with Gasteiger partial charge in [-0.15, -0.1) is 0 Å². The number of aromatic nitrogens is 2. The summed E-state index contributed by atoms with van der Waals surface area (Å²) in [5, 5.41) is 0.215. The first-order valence-corrected chi connectivity index (χ1v) is 8.53. The maximum atomic E-state index is 13.0. The number of carbonyl (C=O) groups is 1. The molecule has 1 aromatic carbocycles. The average Bonchev–Trinajstić information content (AvgIpc) is 3.07. The van der Waals surface area contributed by atoms with E-state index in [0.717, 1.165) is 24.6 Å². The van der Waals surface area contributed by atoms with Gasteiger partial charge in [0.15, 0.2) is 0 Å². The second-order valence-corrected chi connectivity index (χ2v) is 6.99. The summed E-state index contributed by atoms with van der Waals surface area (Å²) in [6.07, 6.45) is -2.68. The van der Waals surface area contributed by atoms with E-state index in [1.807, 2.05) is 0 Å². The zero-order valence-electron chi connectivity index (χ0n) is 13.0. The molecule has 0 bridgehead atoms. The molecule has 1 aliphatic rings. The fraction of sp³-hybridized carbons (Fsp3) is 0.438. The number of carbonyl (C=O) groups excluding carboxylic acids is 1. The highest BCUT2D eigenvalue weighted by molar-refractivity contribution is 8.00. The molecule has 4 nitrogen and oxygen atoms in total. The number of halogens is 3. The van der Waals surface area contributed by atoms with E-state index in [-0.39, 0.29) is 16.4 Å². The molecule has 2 aromatic rings. The number of para-hydroxylation sites is 1. The number of benzene rings is 1. The molecule has 1 fully saturated rings. The van der Waals surface area contributed by atoms with E-state index >= 15 is 0 Å². The van der Waals surface area contributed by atoms with Crippen LogP contribution in [0.4, 0.5) is 13.2 Å². The highest BCUT2D eigenvalue weighted by Crippen LogP contribution is 2.34. The quantitative estimate of drug-likeness (QED) is 0.621. The van der Waals surface area contributed by atoms with Crippen LogP contribution in [0.5, 0.6) is 0 Å². The lowest BCUT2D eigenvalue weighted by molar-refractivity contribution is -0.145. The van der Waals surface area contributed by atoms with Gasteiger partial charge in [0, 0.05) is 18.5 Å². The van der Waals surface area contributed by atoms with Crippen LogP contribution in [0.25, 0.3) is 10.9 Å². The molecule has 2 heterocycles. The van der Waals surface area contributed by atoms with E-state index in [4.69, 9.17) is 0 Å². The zero-order valence-corrected chi connectivity index (χ0v) is 13.8. The van der Waals surface area contributed by atoms with Crippen LogP contribution in [-0.2, 0) is 11.0 Å². The number of fused-ring (bicyclic) bond motifs is 1. The summed E-state index contributed by atoms with van der Waals surface area (Å²) in [6, 6.07) is 6.53. The van der Waals surface area contributed by atoms with Crippen LogP contribution in [0.15, 0.2) is 29.3 Å². The van der Waals surface area contributed by atoms with Crippen LogP contribution in [-0.4, -0.2) is 39.1 Å². The Labute approximate surface area is 141 Å². The Morgan fingerprint density at radius 2 is 1.88 bits per heavy atom. The number of thioether (sulfide) groups is 1. The first-order valence-electron chi connectivity index (χ1n) is 7.65. The van der Waals surface area contributed by atoms with E-state index < -0.39 is 17.3 Å². The van der Waals surface area contributed by atoms with Gasteiger partial charge in [-0.25, -0.2) is 9.97 Å². The SMILES string of the molecule is C[C@H](Sc1nc(C(F)(F)F)nc2ccccc12)C(=O)N1CCCC1. The summed E-state index contributed by atoms with van der Waals surface area (Å²) in [4.78, 5) is 21.4. The van der Waals surface area contributed by atoms with Gasteiger partial charge in [0.2, 0.25) is 11.7 Å². The fourth-order valence-corrected chi connectivity index (χ4v) is 3.70. The van der Waals surface area contributed by atoms with E-state index in [1.165, 1.54) is 6.07 Å². The average molecular weight is 355 g/mol. The van der Waals surface area contributed by atoms with Crippen LogP contribution >= 0.6 is 11.8 Å². The van der Waals surface area contributed by atoms with Crippen molar-refractivity contribution in [3.05, 3.63) is 30.1 Å². The van der Waals surface area contributed by atoms with Crippen LogP contribution in [0.1, 0.15) is 25.6 Å². The molecule has 8 heteroatoms. The largest absolute Gasteiger partial charge is 0.451 e. The monoisotopic (exact) mass is 355 g/mol. The first-order chi connectivity index (χ1) is 11.4. The molecule has 1 aliphatic heterocycles. The van der Waals surface area contributed by atoms with Crippen molar-refractivity contribution in [3.63, 3.8) is 0 Å². The molecule has 0 unspecified atom stereocenters.